The molecule has 30 heavy (non-hydrogen) atoms. The standard InChI is InChI=1S/C21H22F2N6O/c1-13-18(23)19(24-8-7-14-11-25-26-12-14)28-20(27-13)21(30)29-9-3-6-17(29)15-4-2-5-16(22)10-15/h2,4-5,10-12,17H,3,6-9H2,1H3,(H,25,26)(H,24,27,28)/t17-/m1/s1. The quantitative estimate of drug-likeness (QED) is 0.648. The number of aromatic nitrogens is 4. The molecular weight excluding hydrogens is 390 g/mol. The normalized spacial score (nSPS) is 16.1. The van der Waals surface area contributed by atoms with Gasteiger partial charge < -0.3 is 10.2 Å². The predicted octanol–water partition coefficient (Wildman–Crippen LogP) is 3.42. The first kappa shape index (κ1) is 19.9. The Kier molecular flexibility index (Phi) is 5.69. The van der Waals surface area contributed by atoms with Gasteiger partial charge in [0.25, 0.3) is 5.91 Å². The molecule has 1 atom stereocenters. The number of benzene rings is 1. The third-order valence-electron chi connectivity index (χ3n) is 5.22. The number of aromatic amines is 1. The Morgan fingerprint density at radius 1 is 1.33 bits per heavy atom. The van der Waals surface area contributed by atoms with Crippen LogP contribution in [0.4, 0.5) is 14.6 Å². The number of anilines is 1. The Morgan fingerprint density at radius 3 is 2.97 bits per heavy atom. The van der Waals surface area contributed by atoms with Gasteiger partial charge in [-0.05, 0) is 49.4 Å². The molecule has 2 N–H and O–H groups in total. The number of amides is 1. The minimum Gasteiger partial charge on any atom is -0.367 e. The lowest BCUT2D eigenvalue weighted by atomic mass is 10.0. The molecule has 7 nitrogen and oxygen atoms in total. The van der Waals surface area contributed by atoms with E-state index in [1.165, 1.54) is 19.1 Å². The van der Waals surface area contributed by atoms with Gasteiger partial charge in [0.15, 0.2) is 11.6 Å². The molecule has 1 aliphatic heterocycles. The summed E-state index contributed by atoms with van der Waals surface area (Å²) in [6, 6.07) is 6.00. The van der Waals surface area contributed by atoms with Gasteiger partial charge in [-0.1, -0.05) is 12.1 Å². The summed E-state index contributed by atoms with van der Waals surface area (Å²) in [6.45, 7) is 2.45. The zero-order valence-corrected chi connectivity index (χ0v) is 16.5. The zero-order valence-electron chi connectivity index (χ0n) is 16.5. The maximum Gasteiger partial charge on any atom is 0.292 e. The second-order valence-electron chi connectivity index (χ2n) is 7.29. The number of hydrogen-bond acceptors (Lipinski definition) is 5. The highest BCUT2D eigenvalue weighted by molar-refractivity contribution is 5.91. The summed E-state index contributed by atoms with van der Waals surface area (Å²) in [6.07, 6.45) is 5.60. The van der Waals surface area contributed by atoms with Crippen LogP contribution in [0.15, 0.2) is 36.7 Å². The van der Waals surface area contributed by atoms with E-state index < -0.39 is 5.82 Å². The molecule has 1 aromatic carbocycles. The molecule has 4 rings (SSSR count). The van der Waals surface area contributed by atoms with Gasteiger partial charge in [0, 0.05) is 19.3 Å². The fraction of sp³-hybridized carbons (Fsp3) is 0.333. The molecule has 0 radical (unpaired) electrons. The third-order valence-corrected chi connectivity index (χ3v) is 5.22. The number of aryl methyl sites for hydroxylation is 1. The van der Waals surface area contributed by atoms with E-state index in [-0.39, 0.29) is 35.1 Å². The highest BCUT2D eigenvalue weighted by Crippen LogP contribution is 2.33. The highest BCUT2D eigenvalue weighted by Gasteiger charge is 2.32. The Bertz CT molecular complexity index is 1040. The lowest BCUT2D eigenvalue weighted by Gasteiger charge is -2.24. The Balaban J connectivity index is 1.53. The van der Waals surface area contributed by atoms with E-state index in [9.17, 15) is 13.6 Å². The molecule has 1 aliphatic rings. The monoisotopic (exact) mass is 412 g/mol. The SMILES string of the molecule is Cc1nc(C(=O)N2CCC[C@@H]2c2cccc(F)c2)nc(NCCc2cn[nH]c2)c1F. The van der Waals surface area contributed by atoms with Gasteiger partial charge >= 0.3 is 0 Å². The van der Waals surface area contributed by atoms with Crippen LogP contribution in [0, 0.1) is 18.6 Å². The summed E-state index contributed by atoms with van der Waals surface area (Å²) >= 11 is 0. The van der Waals surface area contributed by atoms with Gasteiger partial charge in [0.05, 0.1) is 17.9 Å². The maximum atomic E-state index is 14.5. The van der Waals surface area contributed by atoms with Crippen LogP contribution >= 0.6 is 0 Å². The Hall–Kier alpha value is -3.36. The van der Waals surface area contributed by atoms with E-state index in [4.69, 9.17) is 0 Å². The molecule has 156 valence electrons. The topological polar surface area (TPSA) is 86.8 Å². The average Bonchev–Trinajstić information content (AvgIpc) is 3.42. The number of H-pyrrole nitrogens is 1. The zero-order chi connectivity index (χ0) is 21.1. The molecule has 3 aromatic rings. The largest absolute Gasteiger partial charge is 0.367 e. The number of rotatable bonds is 6. The van der Waals surface area contributed by atoms with Gasteiger partial charge in [-0.3, -0.25) is 9.89 Å². The smallest absolute Gasteiger partial charge is 0.292 e. The van der Waals surface area contributed by atoms with E-state index in [0.29, 0.717) is 19.5 Å². The lowest BCUT2D eigenvalue weighted by molar-refractivity contribution is 0.0722. The van der Waals surface area contributed by atoms with Gasteiger partial charge in [-0.25, -0.2) is 18.7 Å². The van der Waals surface area contributed by atoms with Crippen LogP contribution in [0.25, 0.3) is 0 Å². The number of hydrogen-bond donors (Lipinski definition) is 2. The van der Waals surface area contributed by atoms with Gasteiger partial charge in [0.2, 0.25) is 5.82 Å². The molecule has 0 spiro atoms. The van der Waals surface area contributed by atoms with Crippen LogP contribution in [0.1, 0.15) is 46.3 Å². The predicted molar refractivity (Wildman–Crippen MR) is 107 cm³/mol. The second kappa shape index (κ2) is 8.56. The molecule has 9 heteroatoms. The molecule has 0 aliphatic carbocycles. The van der Waals surface area contributed by atoms with E-state index in [0.717, 1.165) is 24.0 Å². The minimum atomic E-state index is -0.582. The molecule has 2 aromatic heterocycles. The summed E-state index contributed by atoms with van der Waals surface area (Å²) in [5.74, 6) is -1.38. The number of likely N-dealkylation sites (tertiary alicyclic amines) is 1. The maximum absolute atomic E-state index is 14.5. The number of halogens is 2. The van der Waals surface area contributed by atoms with Crippen LogP contribution in [0.5, 0.6) is 0 Å². The van der Waals surface area contributed by atoms with Crippen LogP contribution in [-0.4, -0.2) is 44.1 Å². The van der Waals surface area contributed by atoms with Gasteiger partial charge in [0.1, 0.15) is 5.82 Å². The molecule has 0 bridgehead atoms. The number of nitrogens with one attached hydrogen (secondary N) is 2. The van der Waals surface area contributed by atoms with Crippen molar-refractivity contribution in [3.8, 4) is 0 Å². The van der Waals surface area contributed by atoms with E-state index in [1.54, 1.807) is 29.4 Å². The highest BCUT2D eigenvalue weighted by atomic mass is 19.1. The van der Waals surface area contributed by atoms with Crippen molar-refractivity contribution in [2.75, 3.05) is 18.4 Å². The van der Waals surface area contributed by atoms with E-state index >= 15 is 0 Å². The van der Waals surface area contributed by atoms with E-state index in [2.05, 4.69) is 25.5 Å². The Labute approximate surface area is 172 Å². The minimum absolute atomic E-state index is 0.00385. The fourth-order valence-electron chi connectivity index (χ4n) is 3.71. The third kappa shape index (κ3) is 4.14. The first-order valence-electron chi connectivity index (χ1n) is 9.85. The van der Waals surface area contributed by atoms with Crippen molar-refractivity contribution in [1.82, 2.24) is 25.1 Å². The molecule has 3 heterocycles. The average molecular weight is 412 g/mol. The molecule has 1 amide bonds. The first-order chi connectivity index (χ1) is 14.5. The second-order valence-corrected chi connectivity index (χ2v) is 7.29. The van der Waals surface area contributed by atoms with Crippen LogP contribution in [-0.2, 0) is 6.42 Å². The number of carbonyl (C=O) groups excluding carboxylic acids is 1. The summed E-state index contributed by atoms with van der Waals surface area (Å²) in [4.78, 5) is 23.0. The van der Waals surface area contributed by atoms with Crippen molar-refractivity contribution in [3.63, 3.8) is 0 Å². The van der Waals surface area contributed by atoms with Crippen LogP contribution in [0.3, 0.4) is 0 Å². The lowest BCUT2D eigenvalue weighted by Crippen LogP contribution is -2.32. The first-order valence-corrected chi connectivity index (χ1v) is 9.85. The Morgan fingerprint density at radius 2 is 2.20 bits per heavy atom. The molecule has 0 saturated carbocycles. The number of carbonyl (C=O) groups is 1. The van der Waals surface area contributed by atoms with Gasteiger partial charge in [-0.2, -0.15) is 5.10 Å². The summed E-state index contributed by atoms with van der Waals surface area (Å²) in [5.41, 5.74) is 1.80. The van der Waals surface area contributed by atoms with E-state index in [1.807, 2.05) is 0 Å². The van der Waals surface area contributed by atoms with Crippen molar-refractivity contribution < 1.29 is 13.6 Å². The fourth-order valence-corrected chi connectivity index (χ4v) is 3.71. The van der Waals surface area contributed by atoms with Crippen molar-refractivity contribution in [1.29, 1.82) is 0 Å². The van der Waals surface area contributed by atoms with Gasteiger partial charge in [-0.15, -0.1) is 0 Å². The number of nitrogens with zero attached hydrogens (tertiary/aromatic N) is 4. The molecular formula is C21H22F2N6O. The summed E-state index contributed by atoms with van der Waals surface area (Å²) in [7, 11) is 0. The molecule has 1 saturated heterocycles. The molecule has 0 unspecified atom stereocenters. The summed E-state index contributed by atoms with van der Waals surface area (Å²) in [5, 5.41) is 9.54. The van der Waals surface area contributed by atoms with Crippen molar-refractivity contribution in [3.05, 3.63) is 70.9 Å². The van der Waals surface area contributed by atoms with Crippen LogP contribution in [0.2, 0.25) is 0 Å². The van der Waals surface area contributed by atoms with Crippen LogP contribution < -0.4 is 5.32 Å². The summed E-state index contributed by atoms with van der Waals surface area (Å²) < 4.78 is 28.2. The van der Waals surface area contributed by atoms with Crippen molar-refractivity contribution in [2.24, 2.45) is 0 Å². The van der Waals surface area contributed by atoms with Crippen molar-refractivity contribution in [2.45, 2.75) is 32.2 Å². The molecule has 1 fully saturated rings. The van der Waals surface area contributed by atoms with Crippen molar-refractivity contribution >= 4 is 11.7 Å².